The lowest BCUT2D eigenvalue weighted by atomic mass is 9.80. The van der Waals surface area contributed by atoms with Crippen LogP contribution >= 0.6 is 11.6 Å². The number of hydrogen-bond donors (Lipinski definition) is 2. The van der Waals surface area contributed by atoms with E-state index in [2.05, 4.69) is 10.3 Å². The maximum Gasteiger partial charge on any atom is 0.417 e. The largest absolute Gasteiger partial charge is 0.417 e. The van der Waals surface area contributed by atoms with Crippen LogP contribution in [0.15, 0.2) is 24.4 Å². The molecule has 0 aliphatic heterocycles. The Balaban J connectivity index is 1.86. The third-order valence-electron chi connectivity index (χ3n) is 5.25. The van der Waals surface area contributed by atoms with Gasteiger partial charge in [-0.1, -0.05) is 18.5 Å². The molecule has 1 amide bonds. The van der Waals surface area contributed by atoms with Crippen molar-refractivity contribution in [3.63, 3.8) is 0 Å². The van der Waals surface area contributed by atoms with Crippen LogP contribution < -0.4 is 11.1 Å². The number of nitrogens with zero attached hydrogens (tertiary/aromatic N) is 1. The first-order valence-corrected chi connectivity index (χ1v) is 9.61. The Kier molecular flexibility index (Phi) is 6.33. The van der Waals surface area contributed by atoms with Crippen molar-refractivity contribution in [1.82, 2.24) is 4.98 Å². The molecule has 2 aromatic rings. The van der Waals surface area contributed by atoms with Crippen LogP contribution in [-0.4, -0.2) is 16.9 Å². The molecule has 1 aromatic heterocycles. The minimum atomic E-state index is -4.80. The number of pyridine rings is 1. The van der Waals surface area contributed by atoms with E-state index in [1.165, 1.54) is 6.20 Å². The second-order valence-corrected chi connectivity index (χ2v) is 7.91. The molecule has 0 radical (unpaired) electrons. The first-order valence-electron chi connectivity index (χ1n) is 9.23. The van der Waals surface area contributed by atoms with Gasteiger partial charge in [0, 0.05) is 23.7 Å². The van der Waals surface area contributed by atoms with Crippen LogP contribution in [0.4, 0.5) is 27.6 Å². The molecule has 162 valence electrons. The fourth-order valence-electron chi connectivity index (χ4n) is 3.82. The molecule has 1 aliphatic rings. The summed E-state index contributed by atoms with van der Waals surface area (Å²) in [6, 6.07) is 2.06. The number of fused-ring (bicyclic) bond motifs is 1. The average molecular weight is 448 g/mol. The SMILES string of the molecule is C[C@@H]1CC(C(=O)Nc2cc(C(F)(F)F)c(Cl)cc2F)C[C@H](N)Cc2c1ccnc2F. The first-order chi connectivity index (χ1) is 14.0. The van der Waals surface area contributed by atoms with E-state index < -0.39 is 52.1 Å². The van der Waals surface area contributed by atoms with E-state index in [0.717, 1.165) is 0 Å². The molecule has 0 saturated heterocycles. The van der Waals surface area contributed by atoms with E-state index in [-0.39, 0.29) is 25.2 Å². The first kappa shape index (κ1) is 22.4. The highest BCUT2D eigenvalue weighted by molar-refractivity contribution is 6.31. The summed E-state index contributed by atoms with van der Waals surface area (Å²) in [5.41, 5.74) is 5.28. The molecule has 3 atom stereocenters. The van der Waals surface area contributed by atoms with Crippen molar-refractivity contribution < 1.29 is 26.7 Å². The van der Waals surface area contributed by atoms with Crippen LogP contribution in [0, 0.1) is 17.7 Å². The maximum absolute atomic E-state index is 14.1. The molecule has 0 saturated carbocycles. The molecule has 3 N–H and O–H groups in total. The molecule has 4 nitrogen and oxygen atoms in total. The zero-order valence-corrected chi connectivity index (χ0v) is 16.6. The highest BCUT2D eigenvalue weighted by Gasteiger charge is 2.35. The third-order valence-corrected chi connectivity index (χ3v) is 5.57. The smallest absolute Gasteiger partial charge is 0.327 e. The van der Waals surface area contributed by atoms with E-state index in [9.17, 15) is 26.7 Å². The van der Waals surface area contributed by atoms with Gasteiger partial charge < -0.3 is 11.1 Å². The molecule has 10 heteroatoms. The summed E-state index contributed by atoms with van der Waals surface area (Å²) in [7, 11) is 0. The molecule has 1 aromatic carbocycles. The number of rotatable bonds is 2. The van der Waals surface area contributed by atoms with E-state index >= 15 is 0 Å². The predicted molar refractivity (Wildman–Crippen MR) is 102 cm³/mol. The number of amides is 1. The fourth-order valence-corrected chi connectivity index (χ4v) is 4.07. The number of alkyl halides is 3. The summed E-state index contributed by atoms with van der Waals surface area (Å²) in [5, 5.41) is 1.43. The predicted octanol–water partition coefficient (Wildman–Crippen LogP) is 5.05. The van der Waals surface area contributed by atoms with Crippen molar-refractivity contribution in [2.75, 3.05) is 5.32 Å². The Morgan fingerprint density at radius 2 is 1.97 bits per heavy atom. The second-order valence-electron chi connectivity index (χ2n) is 7.50. The van der Waals surface area contributed by atoms with Gasteiger partial charge in [-0.05, 0) is 48.9 Å². The van der Waals surface area contributed by atoms with Crippen LogP contribution in [0.25, 0.3) is 0 Å². The topological polar surface area (TPSA) is 68.0 Å². The molecule has 30 heavy (non-hydrogen) atoms. The second kappa shape index (κ2) is 8.47. The number of carbonyl (C=O) groups excluding carboxylic acids is 1. The number of hydrogen-bond acceptors (Lipinski definition) is 3. The van der Waals surface area contributed by atoms with Crippen molar-refractivity contribution in [3.05, 3.63) is 57.9 Å². The van der Waals surface area contributed by atoms with E-state index in [0.29, 0.717) is 23.3 Å². The van der Waals surface area contributed by atoms with Gasteiger partial charge in [-0.15, -0.1) is 0 Å². The zero-order valence-electron chi connectivity index (χ0n) is 15.9. The average Bonchev–Trinajstić information content (AvgIpc) is 2.62. The molecule has 0 spiro atoms. The maximum atomic E-state index is 14.1. The lowest BCUT2D eigenvalue weighted by molar-refractivity contribution is -0.137. The summed E-state index contributed by atoms with van der Waals surface area (Å²) < 4.78 is 67.4. The minimum absolute atomic E-state index is 0.158. The molecule has 1 unspecified atom stereocenters. The molecular weight excluding hydrogens is 429 g/mol. The zero-order chi connectivity index (χ0) is 22.2. The van der Waals surface area contributed by atoms with Gasteiger partial charge in [0.15, 0.2) is 0 Å². The van der Waals surface area contributed by atoms with Gasteiger partial charge in [0.1, 0.15) is 5.82 Å². The number of nitrogens with one attached hydrogen (secondary N) is 1. The Morgan fingerprint density at radius 3 is 2.63 bits per heavy atom. The van der Waals surface area contributed by atoms with Gasteiger partial charge in [0.05, 0.1) is 16.3 Å². The molecule has 1 aliphatic carbocycles. The normalized spacial score (nSPS) is 22.1. The highest BCUT2D eigenvalue weighted by atomic mass is 35.5. The Hall–Kier alpha value is -2.26. The van der Waals surface area contributed by atoms with Gasteiger partial charge in [0.2, 0.25) is 11.9 Å². The van der Waals surface area contributed by atoms with Gasteiger partial charge in [-0.3, -0.25) is 4.79 Å². The van der Waals surface area contributed by atoms with E-state index in [1.54, 1.807) is 13.0 Å². The molecule has 0 fully saturated rings. The number of halogens is 6. The fraction of sp³-hybridized carbons (Fsp3) is 0.400. The van der Waals surface area contributed by atoms with Gasteiger partial charge in [-0.2, -0.15) is 17.6 Å². The summed E-state index contributed by atoms with van der Waals surface area (Å²) >= 11 is 5.48. The van der Waals surface area contributed by atoms with Crippen molar-refractivity contribution in [2.24, 2.45) is 11.7 Å². The molecule has 0 bridgehead atoms. The molecule has 3 rings (SSSR count). The lowest BCUT2D eigenvalue weighted by Gasteiger charge is -2.28. The van der Waals surface area contributed by atoms with Crippen molar-refractivity contribution in [1.29, 1.82) is 0 Å². The third kappa shape index (κ3) is 4.73. The standard InChI is InChI=1S/C20H19ClF5N3O/c1-9-4-10(5-11(27)6-13-12(9)2-3-28-18(13)23)19(30)29-17-7-14(20(24,25)26)15(21)8-16(17)22/h2-3,7-11H,4-6,27H2,1H3,(H,29,30)/t9-,10?,11+/m1/s1. The van der Waals surface area contributed by atoms with Crippen LogP contribution in [0.5, 0.6) is 0 Å². The van der Waals surface area contributed by atoms with Gasteiger partial charge >= 0.3 is 6.18 Å². The number of benzene rings is 1. The van der Waals surface area contributed by atoms with Gasteiger partial charge in [-0.25, -0.2) is 9.37 Å². The minimum Gasteiger partial charge on any atom is -0.327 e. The Bertz CT molecular complexity index is 966. The van der Waals surface area contributed by atoms with Crippen LogP contribution in [0.2, 0.25) is 5.02 Å². The summed E-state index contributed by atoms with van der Waals surface area (Å²) in [5.74, 6) is -3.29. The van der Waals surface area contributed by atoms with Crippen LogP contribution in [0.3, 0.4) is 0 Å². The monoisotopic (exact) mass is 447 g/mol. The van der Waals surface area contributed by atoms with Crippen LogP contribution in [0.1, 0.15) is 42.4 Å². The van der Waals surface area contributed by atoms with Gasteiger partial charge in [0.25, 0.3) is 0 Å². The van der Waals surface area contributed by atoms with Crippen molar-refractivity contribution in [2.45, 2.75) is 44.3 Å². The van der Waals surface area contributed by atoms with Crippen molar-refractivity contribution in [3.8, 4) is 0 Å². The summed E-state index contributed by atoms with van der Waals surface area (Å²) in [4.78, 5) is 16.4. The number of carbonyl (C=O) groups is 1. The summed E-state index contributed by atoms with van der Waals surface area (Å²) in [6.45, 7) is 1.81. The Morgan fingerprint density at radius 1 is 1.27 bits per heavy atom. The quantitative estimate of drug-likeness (QED) is 0.500. The molecule has 1 heterocycles. The lowest BCUT2D eigenvalue weighted by Crippen LogP contribution is -2.35. The Labute approximate surface area is 174 Å². The number of aromatic nitrogens is 1. The van der Waals surface area contributed by atoms with E-state index in [4.69, 9.17) is 17.3 Å². The van der Waals surface area contributed by atoms with Crippen LogP contribution in [-0.2, 0) is 17.4 Å². The highest BCUT2D eigenvalue weighted by Crippen LogP contribution is 2.38. The molecular formula is C20H19ClF5N3O. The van der Waals surface area contributed by atoms with E-state index in [1.807, 2.05) is 0 Å². The summed E-state index contributed by atoms with van der Waals surface area (Å²) in [6.07, 6.45) is -2.89. The number of nitrogens with two attached hydrogens (primary N) is 1. The number of anilines is 1. The van der Waals surface area contributed by atoms with Crippen molar-refractivity contribution >= 4 is 23.2 Å².